The second-order valence-electron chi connectivity index (χ2n) is 4.67. The molecular formula is C15H26N2O. The predicted octanol–water partition coefficient (Wildman–Crippen LogP) is 3.04. The lowest BCUT2D eigenvalue weighted by Gasteiger charge is -2.25. The molecule has 0 spiro atoms. The van der Waals surface area contributed by atoms with Crippen LogP contribution in [0.3, 0.4) is 0 Å². The fourth-order valence-electron chi connectivity index (χ4n) is 2.05. The van der Waals surface area contributed by atoms with Crippen molar-refractivity contribution in [1.82, 2.24) is 5.32 Å². The summed E-state index contributed by atoms with van der Waals surface area (Å²) in [6.45, 7) is 11.3. The highest BCUT2D eigenvalue weighted by atomic mass is 16.5. The minimum Gasteiger partial charge on any atom is -0.489 e. The maximum Gasteiger partial charge on any atom is 0.143 e. The van der Waals surface area contributed by atoms with Crippen molar-refractivity contribution >= 4 is 5.69 Å². The highest BCUT2D eigenvalue weighted by Gasteiger charge is 2.11. The highest BCUT2D eigenvalue weighted by molar-refractivity contribution is 5.59. The number of nitrogens with zero attached hydrogens (tertiary/aromatic N) is 1. The number of nitrogens with one attached hydrogen (secondary N) is 1. The number of anilines is 1. The van der Waals surface area contributed by atoms with Crippen molar-refractivity contribution in [3.05, 3.63) is 23.8 Å². The first-order valence-electron chi connectivity index (χ1n) is 6.81. The number of rotatable bonds is 7. The maximum atomic E-state index is 5.95. The van der Waals surface area contributed by atoms with Crippen LogP contribution in [0.25, 0.3) is 0 Å². The minimum absolute atomic E-state index is 0.198. The fraction of sp³-hybridized carbons (Fsp3) is 0.600. The van der Waals surface area contributed by atoms with Crippen LogP contribution in [0.1, 0.15) is 33.3 Å². The van der Waals surface area contributed by atoms with E-state index in [4.69, 9.17) is 4.74 Å². The van der Waals surface area contributed by atoms with Gasteiger partial charge in [0.25, 0.3) is 0 Å². The molecule has 0 aliphatic heterocycles. The van der Waals surface area contributed by atoms with Crippen LogP contribution in [0.15, 0.2) is 18.2 Å². The Hall–Kier alpha value is -1.22. The third-order valence-electron chi connectivity index (χ3n) is 2.87. The van der Waals surface area contributed by atoms with Crippen LogP contribution >= 0.6 is 0 Å². The largest absolute Gasteiger partial charge is 0.489 e. The van der Waals surface area contributed by atoms with Gasteiger partial charge >= 0.3 is 0 Å². The molecule has 1 aromatic rings. The second-order valence-corrected chi connectivity index (χ2v) is 4.67. The predicted molar refractivity (Wildman–Crippen MR) is 78.5 cm³/mol. The van der Waals surface area contributed by atoms with Crippen molar-refractivity contribution in [2.45, 2.75) is 40.3 Å². The monoisotopic (exact) mass is 250 g/mol. The zero-order valence-electron chi connectivity index (χ0n) is 12.3. The van der Waals surface area contributed by atoms with Gasteiger partial charge in [-0.25, -0.2) is 0 Å². The number of hydrogen-bond donors (Lipinski definition) is 1. The molecule has 0 bridgehead atoms. The van der Waals surface area contributed by atoms with E-state index >= 15 is 0 Å². The Bertz CT molecular complexity index is 360. The minimum atomic E-state index is 0.198. The molecule has 1 N–H and O–H groups in total. The summed E-state index contributed by atoms with van der Waals surface area (Å²) in [6, 6.07) is 6.47. The molecule has 0 aliphatic carbocycles. The van der Waals surface area contributed by atoms with Crippen LogP contribution in [0.4, 0.5) is 5.69 Å². The summed E-state index contributed by atoms with van der Waals surface area (Å²) >= 11 is 0. The molecule has 0 amide bonds. The van der Waals surface area contributed by atoms with Crippen LogP contribution in [0.5, 0.6) is 5.75 Å². The number of hydrogen-bond acceptors (Lipinski definition) is 3. The molecule has 0 fully saturated rings. The average Bonchev–Trinajstić information content (AvgIpc) is 2.33. The van der Waals surface area contributed by atoms with Gasteiger partial charge in [0.1, 0.15) is 5.75 Å². The van der Waals surface area contributed by atoms with Crippen molar-refractivity contribution in [2.24, 2.45) is 0 Å². The summed E-state index contributed by atoms with van der Waals surface area (Å²) in [4.78, 5) is 2.32. The molecule has 0 aromatic heterocycles. The molecular weight excluding hydrogens is 224 g/mol. The van der Waals surface area contributed by atoms with Crippen LogP contribution < -0.4 is 15.0 Å². The second kappa shape index (κ2) is 7.27. The molecule has 0 saturated carbocycles. The fourth-order valence-corrected chi connectivity index (χ4v) is 2.05. The van der Waals surface area contributed by atoms with Gasteiger partial charge in [-0.15, -0.1) is 0 Å². The van der Waals surface area contributed by atoms with Crippen molar-refractivity contribution < 1.29 is 4.74 Å². The Kier molecular flexibility index (Phi) is 5.99. The first-order chi connectivity index (χ1) is 8.62. The van der Waals surface area contributed by atoms with Gasteiger partial charge < -0.3 is 15.0 Å². The first-order valence-corrected chi connectivity index (χ1v) is 6.81. The topological polar surface area (TPSA) is 24.5 Å². The van der Waals surface area contributed by atoms with Crippen LogP contribution in [-0.2, 0) is 6.54 Å². The molecule has 1 aromatic carbocycles. The molecule has 0 heterocycles. The van der Waals surface area contributed by atoms with E-state index in [1.807, 2.05) is 7.05 Å². The van der Waals surface area contributed by atoms with Gasteiger partial charge in [-0.05, 0) is 52.4 Å². The van der Waals surface area contributed by atoms with E-state index in [-0.39, 0.29) is 6.10 Å². The maximum absolute atomic E-state index is 5.95. The molecule has 3 nitrogen and oxygen atoms in total. The summed E-state index contributed by atoms with van der Waals surface area (Å²) in [6.07, 6.45) is 0.198. The van der Waals surface area contributed by atoms with Crippen LogP contribution in [0, 0.1) is 0 Å². The van der Waals surface area contributed by atoms with Gasteiger partial charge in [-0.1, -0.05) is 6.07 Å². The normalized spacial score (nSPS) is 10.8. The van der Waals surface area contributed by atoms with Crippen molar-refractivity contribution in [1.29, 1.82) is 0 Å². The molecule has 0 saturated heterocycles. The van der Waals surface area contributed by atoms with Crippen molar-refractivity contribution in [3.63, 3.8) is 0 Å². The summed E-state index contributed by atoms with van der Waals surface area (Å²) in [5.41, 5.74) is 2.44. The number of ether oxygens (including phenoxy) is 1. The molecule has 3 heteroatoms. The standard InChI is InChI=1S/C15H26N2O/c1-6-17(7-2)14-9-8-13(11-16-5)10-15(14)18-12(3)4/h8-10,12,16H,6-7,11H2,1-5H3. The molecule has 0 aliphatic rings. The third-order valence-corrected chi connectivity index (χ3v) is 2.87. The first kappa shape index (κ1) is 14.8. The third kappa shape index (κ3) is 3.91. The smallest absolute Gasteiger partial charge is 0.143 e. The van der Waals surface area contributed by atoms with E-state index in [2.05, 4.69) is 56.1 Å². The average molecular weight is 250 g/mol. The summed E-state index contributed by atoms with van der Waals surface area (Å²) in [7, 11) is 1.96. The number of benzene rings is 1. The van der Waals surface area contributed by atoms with Gasteiger partial charge in [-0.2, -0.15) is 0 Å². The zero-order valence-corrected chi connectivity index (χ0v) is 12.3. The van der Waals surface area contributed by atoms with Gasteiger partial charge in [0.05, 0.1) is 11.8 Å². The molecule has 102 valence electrons. The molecule has 18 heavy (non-hydrogen) atoms. The van der Waals surface area contributed by atoms with Gasteiger partial charge in [0.15, 0.2) is 0 Å². The highest BCUT2D eigenvalue weighted by Crippen LogP contribution is 2.30. The van der Waals surface area contributed by atoms with Crippen molar-refractivity contribution in [2.75, 3.05) is 25.0 Å². The van der Waals surface area contributed by atoms with E-state index < -0.39 is 0 Å². The lowest BCUT2D eigenvalue weighted by Crippen LogP contribution is -2.23. The Morgan fingerprint density at radius 1 is 1.22 bits per heavy atom. The lowest BCUT2D eigenvalue weighted by atomic mass is 10.1. The Balaban J connectivity index is 3.06. The summed E-state index contributed by atoms with van der Waals surface area (Å²) < 4.78 is 5.95. The Morgan fingerprint density at radius 3 is 2.39 bits per heavy atom. The van der Waals surface area contributed by atoms with Gasteiger partial charge in [0.2, 0.25) is 0 Å². The molecule has 1 rings (SSSR count). The van der Waals surface area contributed by atoms with E-state index in [0.717, 1.165) is 25.4 Å². The molecule has 0 atom stereocenters. The SMILES string of the molecule is CCN(CC)c1ccc(CNC)cc1OC(C)C. The van der Waals surface area contributed by atoms with E-state index in [0.29, 0.717) is 0 Å². The van der Waals surface area contributed by atoms with Crippen LogP contribution in [-0.4, -0.2) is 26.2 Å². The summed E-state index contributed by atoms with van der Waals surface area (Å²) in [5, 5.41) is 3.17. The quantitative estimate of drug-likeness (QED) is 0.805. The Morgan fingerprint density at radius 2 is 1.89 bits per heavy atom. The van der Waals surface area contributed by atoms with E-state index in [9.17, 15) is 0 Å². The van der Waals surface area contributed by atoms with E-state index in [1.165, 1.54) is 11.3 Å². The molecule has 0 radical (unpaired) electrons. The summed E-state index contributed by atoms with van der Waals surface area (Å²) in [5.74, 6) is 0.987. The lowest BCUT2D eigenvalue weighted by molar-refractivity contribution is 0.242. The van der Waals surface area contributed by atoms with Crippen LogP contribution in [0.2, 0.25) is 0 Å². The van der Waals surface area contributed by atoms with Gasteiger partial charge in [-0.3, -0.25) is 0 Å². The van der Waals surface area contributed by atoms with E-state index in [1.54, 1.807) is 0 Å². The van der Waals surface area contributed by atoms with Crippen molar-refractivity contribution in [3.8, 4) is 5.75 Å². The molecule has 0 unspecified atom stereocenters. The zero-order chi connectivity index (χ0) is 13.5. The van der Waals surface area contributed by atoms with Gasteiger partial charge in [0, 0.05) is 19.6 Å². The Labute approximate surface area is 111 Å².